The average Bonchev–Trinajstić information content (AvgIpc) is 2.89. The van der Waals surface area contributed by atoms with Crippen molar-refractivity contribution in [2.45, 2.75) is 45.4 Å². The Labute approximate surface area is 226 Å². The van der Waals surface area contributed by atoms with Gasteiger partial charge in [0.2, 0.25) is 5.95 Å². The number of benzene rings is 1. The van der Waals surface area contributed by atoms with E-state index in [1.54, 1.807) is 59.6 Å². The number of aldehydes is 1. The molecule has 3 unspecified atom stereocenters. The zero-order chi connectivity index (χ0) is 29.3. The summed E-state index contributed by atoms with van der Waals surface area (Å²) in [7, 11) is 6.54. The Hall–Kier alpha value is -2.80. The van der Waals surface area contributed by atoms with E-state index in [1.807, 2.05) is 19.9 Å². The highest BCUT2D eigenvalue weighted by Gasteiger charge is 2.10. The fourth-order valence-corrected chi connectivity index (χ4v) is 2.59. The van der Waals surface area contributed by atoms with Crippen molar-refractivity contribution in [2.75, 3.05) is 58.4 Å². The number of carbonyl (C=O) groups is 1. The molecule has 0 aliphatic rings. The normalized spacial score (nSPS) is 11.8. The number of nitrogens with zero attached hydrogens (tertiary/aromatic N) is 1. The summed E-state index contributed by atoms with van der Waals surface area (Å²) in [5, 5.41) is 14.5. The number of nitrogen functional groups attached to an aromatic ring is 2. The number of methoxy groups -OCH3 is 3. The van der Waals surface area contributed by atoms with Crippen LogP contribution in [0.2, 0.25) is 0 Å². The van der Waals surface area contributed by atoms with Gasteiger partial charge >= 0.3 is 0 Å². The van der Waals surface area contributed by atoms with Gasteiger partial charge in [-0.2, -0.15) is 4.98 Å². The predicted octanol–water partition coefficient (Wildman–Crippen LogP) is 2.15. The highest BCUT2D eigenvalue weighted by molar-refractivity contribution is 7.29. The van der Waals surface area contributed by atoms with E-state index in [-0.39, 0.29) is 38.6 Å². The molecule has 218 valence electrons. The molecule has 38 heavy (non-hydrogen) atoms. The quantitative estimate of drug-likeness (QED) is 0.126. The van der Waals surface area contributed by atoms with Gasteiger partial charge in [-0.25, -0.2) is 0 Å². The molecule has 0 fully saturated rings. The second-order valence-electron chi connectivity index (χ2n) is 7.80. The summed E-state index contributed by atoms with van der Waals surface area (Å²) in [5.41, 5.74) is 10.6. The number of phenols is 1. The summed E-state index contributed by atoms with van der Waals surface area (Å²) in [6.07, 6.45) is 1.65. The summed E-state index contributed by atoms with van der Waals surface area (Å²) in [4.78, 5) is 28.1. The molecule has 13 nitrogen and oxygen atoms in total. The number of carbonyl (C=O) groups excluding carboxylic acids is 1. The Morgan fingerprint density at radius 3 is 2.13 bits per heavy atom. The standard InChI is InChI=1S/C12H23N6O4P.C6H6O.C4H10O.C2H6O/c1-7(5-19)18-23-22-6-8(21-2)3-4-15-10-9(13)11(20)17-12(14)16-10;7-6-4-2-1-3-5-6;1-4(2)5-3;1-3-2/h5,7-8,18,23H,3-4,6,13H2,1-2H3,(H4,14,15,16,17,20);1-5,7H;4H,1-3H3;1-2H3. The van der Waals surface area contributed by atoms with Crippen LogP contribution in [0.5, 0.6) is 5.75 Å². The van der Waals surface area contributed by atoms with Gasteiger partial charge in [0.1, 0.15) is 17.7 Å². The van der Waals surface area contributed by atoms with E-state index in [4.69, 9.17) is 30.6 Å². The van der Waals surface area contributed by atoms with E-state index in [1.165, 1.54) is 0 Å². The Kier molecular flexibility index (Phi) is 24.1. The molecule has 0 aliphatic carbocycles. The van der Waals surface area contributed by atoms with Crippen LogP contribution in [-0.2, 0) is 23.5 Å². The van der Waals surface area contributed by atoms with E-state index in [2.05, 4.69) is 25.1 Å². The van der Waals surface area contributed by atoms with E-state index in [0.29, 0.717) is 31.4 Å². The van der Waals surface area contributed by atoms with Crippen LogP contribution in [0.15, 0.2) is 35.1 Å². The van der Waals surface area contributed by atoms with Gasteiger partial charge in [-0.05, 0) is 39.3 Å². The molecule has 2 rings (SSSR count). The first-order chi connectivity index (χ1) is 18.1. The molecule has 0 radical (unpaired) electrons. The van der Waals surface area contributed by atoms with Crippen molar-refractivity contribution >= 4 is 32.7 Å². The van der Waals surface area contributed by atoms with Gasteiger partial charge in [-0.3, -0.25) is 14.9 Å². The Morgan fingerprint density at radius 1 is 1.11 bits per heavy atom. The number of nitrogens with two attached hydrogens (primary N) is 2. The molecule has 3 atom stereocenters. The van der Waals surface area contributed by atoms with Crippen molar-refractivity contribution < 1.29 is 28.6 Å². The second-order valence-corrected chi connectivity index (χ2v) is 8.58. The number of aromatic hydroxyl groups is 1. The lowest BCUT2D eigenvalue weighted by molar-refractivity contribution is -0.108. The smallest absolute Gasteiger partial charge is 0.277 e. The summed E-state index contributed by atoms with van der Waals surface area (Å²) in [6.45, 7) is 6.59. The fourth-order valence-electron chi connectivity index (χ4n) is 1.99. The predicted molar refractivity (Wildman–Crippen MR) is 154 cm³/mol. The number of anilines is 3. The molecule has 1 aromatic heterocycles. The van der Waals surface area contributed by atoms with Crippen molar-refractivity contribution in [1.82, 2.24) is 15.1 Å². The van der Waals surface area contributed by atoms with Crippen molar-refractivity contribution in [1.29, 1.82) is 0 Å². The molecule has 0 amide bonds. The molecule has 0 saturated carbocycles. The third-order valence-corrected chi connectivity index (χ3v) is 5.01. The summed E-state index contributed by atoms with van der Waals surface area (Å²) < 4.78 is 19.7. The molecule has 2 aromatic rings. The maximum absolute atomic E-state index is 11.5. The lowest BCUT2D eigenvalue weighted by Gasteiger charge is -2.17. The highest BCUT2D eigenvalue weighted by Crippen LogP contribution is 2.13. The monoisotopic (exact) mass is 560 g/mol. The van der Waals surface area contributed by atoms with Gasteiger partial charge in [0.05, 0.1) is 33.8 Å². The summed E-state index contributed by atoms with van der Waals surface area (Å²) >= 11 is 0. The molecule has 0 bridgehead atoms. The number of aromatic nitrogens is 2. The van der Waals surface area contributed by atoms with Crippen LogP contribution in [0.1, 0.15) is 27.2 Å². The minimum absolute atomic E-state index is 0.00473. The number of H-pyrrole nitrogens is 1. The minimum atomic E-state index is -0.483. The van der Waals surface area contributed by atoms with Crippen LogP contribution >= 0.6 is 8.96 Å². The van der Waals surface area contributed by atoms with Crippen LogP contribution < -0.4 is 27.4 Å². The minimum Gasteiger partial charge on any atom is -0.508 e. The maximum atomic E-state index is 11.5. The molecule has 8 N–H and O–H groups in total. The van der Waals surface area contributed by atoms with Crippen LogP contribution in [0, 0.1) is 0 Å². The maximum Gasteiger partial charge on any atom is 0.277 e. The SMILES string of the molecule is COC.COC(C)C.COC(CCNc1nc(N)[nH]c(=O)c1N)COPNC(C)C=O.Oc1ccccc1. The lowest BCUT2D eigenvalue weighted by Crippen LogP contribution is -2.24. The second kappa shape index (κ2) is 24.5. The number of para-hydroxylation sites is 1. The Morgan fingerprint density at radius 2 is 1.68 bits per heavy atom. The van der Waals surface area contributed by atoms with Crippen LogP contribution in [0.3, 0.4) is 0 Å². The van der Waals surface area contributed by atoms with E-state index in [0.717, 1.165) is 6.29 Å². The molecule has 0 aliphatic heterocycles. The van der Waals surface area contributed by atoms with Crippen molar-refractivity contribution in [3.05, 3.63) is 40.7 Å². The van der Waals surface area contributed by atoms with Gasteiger partial charge in [0.15, 0.2) is 5.82 Å². The van der Waals surface area contributed by atoms with Gasteiger partial charge in [-0.1, -0.05) is 18.2 Å². The lowest BCUT2D eigenvalue weighted by atomic mass is 10.2. The van der Waals surface area contributed by atoms with E-state index >= 15 is 0 Å². The Balaban J connectivity index is 0. The van der Waals surface area contributed by atoms with Gasteiger partial charge in [0.25, 0.3) is 5.56 Å². The van der Waals surface area contributed by atoms with Crippen LogP contribution in [-0.4, -0.2) is 81.2 Å². The average molecular weight is 561 g/mol. The van der Waals surface area contributed by atoms with Crippen molar-refractivity contribution in [2.24, 2.45) is 0 Å². The fraction of sp³-hybridized carbons (Fsp3) is 0.542. The third kappa shape index (κ3) is 21.3. The summed E-state index contributed by atoms with van der Waals surface area (Å²) in [6, 6.07) is 8.47. The van der Waals surface area contributed by atoms with Crippen LogP contribution in [0.4, 0.5) is 17.5 Å². The van der Waals surface area contributed by atoms with Gasteiger partial charge in [0, 0.05) is 35.0 Å². The zero-order valence-corrected chi connectivity index (χ0v) is 24.3. The topological polar surface area (TPSA) is 196 Å². The number of rotatable bonds is 12. The van der Waals surface area contributed by atoms with Gasteiger partial charge < -0.3 is 45.4 Å². The first kappa shape index (κ1) is 37.4. The van der Waals surface area contributed by atoms with E-state index in [9.17, 15) is 9.59 Å². The first-order valence-corrected chi connectivity index (χ1v) is 12.6. The molecular formula is C24H45N6O7P. The third-order valence-electron chi connectivity index (χ3n) is 4.13. The molecule has 0 spiro atoms. The number of hydrogen-bond donors (Lipinski definition) is 6. The van der Waals surface area contributed by atoms with Crippen molar-refractivity contribution in [3.63, 3.8) is 0 Å². The van der Waals surface area contributed by atoms with E-state index < -0.39 is 5.56 Å². The van der Waals surface area contributed by atoms with Crippen molar-refractivity contribution in [3.8, 4) is 5.75 Å². The molecule has 14 heteroatoms. The Bertz CT molecular complexity index is 890. The molecule has 0 saturated heterocycles. The highest BCUT2D eigenvalue weighted by atomic mass is 31.1. The zero-order valence-electron chi connectivity index (χ0n) is 23.3. The van der Waals surface area contributed by atoms with Crippen LogP contribution in [0.25, 0.3) is 0 Å². The largest absolute Gasteiger partial charge is 0.508 e. The summed E-state index contributed by atoms with van der Waals surface area (Å²) in [5.74, 6) is 0.558. The van der Waals surface area contributed by atoms with Gasteiger partial charge in [-0.15, -0.1) is 0 Å². The number of nitrogens with one attached hydrogen (secondary N) is 3. The number of hydrogen-bond acceptors (Lipinski definition) is 12. The number of ether oxygens (including phenoxy) is 3. The molecule has 1 heterocycles. The number of phenolic OH excluding ortho intramolecular Hbond substituents is 1. The first-order valence-electron chi connectivity index (χ1n) is 11.7. The molecule has 1 aromatic carbocycles. The number of aromatic amines is 1. The molecular weight excluding hydrogens is 515 g/mol.